The fraction of sp³-hybridized carbons (Fsp3) is 0.444. The Balaban J connectivity index is 1.78. The first-order chi connectivity index (χ1) is 13.8. The number of hydrogen-bond donors (Lipinski definition) is 6. The highest BCUT2D eigenvalue weighted by atomic mass is 16.7. The van der Waals surface area contributed by atoms with Gasteiger partial charge in [0, 0.05) is 11.9 Å². The van der Waals surface area contributed by atoms with E-state index in [1.165, 1.54) is 6.20 Å². The summed E-state index contributed by atoms with van der Waals surface area (Å²) in [6.45, 7) is -0.572. The van der Waals surface area contributed by atoms with E-state index in [9.17, 15) is 20.1 Å². The van der Waals surface area contributed by atoms with E-state index < -0.39 is 36.7 Å². The van der Waals surface area contributed by atoms with Crippen molar-refractivity contribution >= 4 is 22.8 Å². The second-order valence-corrected chi connectivity index (χ2v) is 6.74. The van der Waals surface area contributed by atoms with Crippen molar-refractivity contribution in [1.82, 2.24) is 4.98 Å². The lowest BCUT2D eigenvalue weighted by Gasteiger charge is -2.22. The van der Waals surface area contributed by atoms with Gasteiger partial charge in [-0.2, -0.15) is 0 Å². The summed E-state index contributed by atoms with van der Waals surface area (Å²) in [4.78, 5) is 20.6. The first kappa shape index (κ1) is 21.0. The fourth-order valence-electron chi connectivity index (χ4n) is 3.21. The van der Waals surface area contributed by atoms with Crippen LogP contribution in [0.15, 0.2) is 29.4 Å². The number of nitrogens with two attached hydrogens (primary N) is 2. The van der Waals surface area contributed by atoms with Crippen LogP contribution >= 0.6 is 0 Å². The zero-order valence-corrected chi connectivity index (χ0v) is 15.4. The zero-order valence-electron chi connectivity index (χ0n) is 15.4. The average molecular weight is 407 g/mol. The van der Waals surface area contributed by atoms with Crippen LogP contribution in [0.4, 0.5) is 0 Å². The number of aryl methyl sites for hydroxylation is 1. The molecule has 0 radical (unpaired) electrons. The van der Waals surface area contributed by atoms with Gasteiger partial charge in [0.05, 0.1) is 6.61 Å². The van der Waals surface area contributed by atoms with Gasteiger partial charge >= 0.3 is 5.97 Å². The van der Waals surface area contributed by atoms with Crippen molar-refractivity contribution in [2.75, 3.05) is 13.2 Å². The average Bonchev–Trinajstić information content (AvgIpc) is 3.20. The maximum atomic E-state index is 12.5. The molecule has 1 aromatic carbocycles. The minimum atomic E-state index is -2.45. The predicted octanol–water partition coefficient (Wildman–Crippen LogP) is -2.29. The number of aliphatic hydroxyl groups excluding tert-OH is 3. The Bertz CT molecular complexity index is 911. The second-order valence-electron chi connectivity index (χ2n) is 6.74. The van der Waals surface area contributed by atoms with Crippen LogP contribution in [0.5, 0.6) is 5.75 Å². The molecule has 0 saturated carbocycles. The summed E-state index contributed by atoms with van der Waals surface area (Å²) in [6.07, 6.45) is -2.72. The zero-order chi connectivity index (χ0) is 21.2. The van der Waals surface area contributed by atoms with E-state index in [1.807, 2.05) is 12.1 Å². The van der Waals surface area contributed by atoms with Gasteiger partial charge in [0.2, 0.25) is 5.79 Å². The van der Waals surface area contributed by atoms with Crippen LogP contribution in [-0.4, -0.2) is 69.6 Å². The number of rotatable bonds is 7. The number of ether oxygens (including phenoxy) is 2. The molecule has 0 bridgehead atoms. The summed E-state index contributed by atoms with van der Waals surface area (Å²) < 4.78 is 10.3. The molecule has 0 unspecified atom stereocenters. The molecule has 11 nitrogen and oxygen atoms in total. The minimum Gasteiger partial charge on any atom is -0.661 e. The number of aliphatic hydroxyl groups is 4. The lowest BCUT2D eigenvalue weighted by Crippen LogP contribution is -2.46. The third-order valence-corrected chi connectivity index (χ3v) is 4.69. The van der Waals surface area contributed by atoms with Gasteiger partial charge < -0.3 is 46.4 Å². The third kappa shape index (κ3) is 4.18. The number of carbonyl (C=O) groups excluding carboxylic acids is 1. The van der Waals surface area contributed by atoms with E-state index in [0.29, 0.717) is 30.3 Å². The molecule has 11 heteroatoms. The van der Waals surface area contributed by atoms with E-state index in [0.717, 1.165) is 5.56 Å². The van der Waals surface area contributed by atoms with Gasteiger partial charge in [0.25, 0.3) is 0 Å². The van der Waals surface area contributed by atoms with Gasteiger partial charge in [-0.3, -0.25) is 4.99 Å². The molecular formula is C18H23N4O7-. The third-order valence-electron chi connectivity index (χ3n) is 4.69. The molecule has 8 N–H and O–H groups in total. The Kier molecular flexibility index (Phi) is 6.05. The summed E-state index contributed by atoms with van der Waals surface area (Å²) in [5, 5.41) is 39.5. The molecule has 2 aromatic rings. The van der Waals surface area contributed by atoms with Gasteiger partial charge in [-0.15, -0.1) is 11.7 Å². The molecule has 1 aromatic heterocycles. The Labute approximate surface area is 165 Å². The van der Waals surface area contributed by atoms with E-state index >= 15 is 0 Å². The van der Waals surface area contributed by atoms with Gasteiger partial charge in [0.1, 0.15) is 18.0 Å². The standard InChI is InChI=1S/C18H23N4O7/c19-17(20)21-6-2-4-9-3-1-5-10-12(9)11(7-22-10)28-16(26)14-13(24)15(25)18(27,8-23)29-14/h1,3,5,7,13-15,23-25,27H,2,4,6,8H2,(H4,19,20,21)/q-1/t13-,14+,15+,18-/m0/s1. The minimum absolute atomic E-state index is 0.00736. The van der Waals surface area contributed by atoms with Gasteiger partial charge in [-0.05, 0) is 18.4 Å². The first-order valence-electron chi connectivity index (χ1n) is 8.94. The van der Waals surface area contributed by atoms with Crippen LogP contribution < -0.4 is 21.2 Å². The van der Waals surface area contributed by atoms with Crippen LogP contribution in [0.3, 0.4) is 0 Å². The molecule has 1 saturated heterocycles. The van der Waals surface area contributed by atoms with Crippen molar-refractivity contribution in [3.8, 4) is 5.75 Å². The highest BCUT2D eigenvalue weighted by molar-refractivity contribution is 5.92. The molecule has 0 spiro atoms. The maximum Gasteiger partial charge on any atom is 0.343 e. The number of aliphatic imine (C=N–C) groups is 1. The van der Waals surface area contributed by atoms with Gasteiger partial charge in [0.15, 0.2) is 12.1 Å². The van der Waals surface area contributed by atoms with Gasteiger partial charge in [-0.1, -0.05) is 18.2 Å². The Morgan fingerprint density at radius 2 is 2.10 bits per heavy atom. The topological polar surface area (TPSA) is 195 Å². The second kappa shape index (κ2) is 8.35. The molecule has 158 valence electrons. The van der Waals surface area contributed by atoms with Crippen LogP contribution in [0, 0.1) is 0 Å². The van der Waals surface area contributed by atoms with E-state index in [-0.39, 0.29) is 11.7 Å². The Morgan fingerprint density at radius 1 is 1.34 bits per heavy atom. The number of nitrogens with zero attached hydrogens (tertiary/aromatic N) is 2. The lowest BCUT2D eigenvalue weighted by atomic mass is 10.0. The smallest absolute Gasteiger partial charge is 0.343 e. The van der Waals surface area contributed by atoms with Gasteiger partial charge in [-0.25, -0.2) is 4.79 Å². The summed E-state index contributed by atoms with van der Waals surface area (Å²) in [5.74, 6) is -3.34. The predicted molar refractivity (Wildman–Crippen MR) is 101 cm³/mol. The molecule has 0 aliphatic carbocycles. The SMILES string of the molecule is NC(N)=NCCCc1cccc2[n-]cc(OC(=O)[C@@H]3O[C@@](O)(CO)[C@H](O)[C@H]3O)c12. The van der Waals surface area contributed by atoms with Crippen molar-refractivity contribution in [2.45, 2.75) is 36.9 Å². The molecule has 4 atom stereocenters. The summed E-state index contributed by atoms with van der Waals surface area (Å²) >= 11 is 0. The first-order valence-corrected chi connectivity index (χ1v) is 8.94. The highest BCUT2D eigenvalue weighted by Gasteiger charge is 2.56. The summed E-state index contributed by atoms with van der Waals surface area (Å²) in [7, 11) is 0. The largest absolute Gasteiger partial charge is 0.661 e. The number of aromatic nitrogens is 1. The van der Waals surface area contributed by atoms with E-state index in [4.69, 9.17) is 26.0 Å². The summed E-state index contributed by atoms with van der Waals surface area (Å²) in [6, 6.07) is 5.42. The maximum absolute atomic E-state index is 12.5. The van der Waals surface area contributed by atoms with Crippen molar-refractivity contribution < 1.29 is 34.7 Å². The number of hydrogen-bond acceptors (Lipinski definition) is 8. The number of esters is 1. The lowest BCUT2D eigenvalue weighted by molar-refractivity contribution is -0.246. The van der Waals surface area contributed by atoms with Crippen molar-refractivity contribution in [3.05, 3.63) is 30.0 Å². The van der Waals surface area contributed by atoms with Crippen molar-refractivity contribution in [2.24, 2.45) is 16.5 Å². The van der Waals surface area contributed by atoms with Crippen LogP contribution in [0.1, 0.15) is 12.0 Å². The van der Waals surface area contributed by atoms with Crippen molar-refractivity contribution in [1.29, 1.82) is 0 Å². The number of carbonyl (C=O) groups is 1. The monoisotopic (exact) mass is 407 g/mol. The number of fused-ring (bicyclic) bond motifs is 1. The molecule has 3 rings (SSSR count). The number of guanidine groups is 1. The molecule has 0 amide bonds. The quantitative estimate of drug-likeness (QED) is 0.126. The molecule has 1 aliphatic heterocycles. The Hall–Kier alpha value is -2.70. The normalized spacial score (nSPS) is 26.6. The summed E-state index contributed by atoms with van der Waals surface area (Å²) in [5.41, 5.74) is 12.1. The van der Waals surface area contributed by atoms with E-state index in [2.05, 4.69) is 9.98 Å². The van der Waals surface area contributed by atoms with Crippen LogP contribution in [0.25, 0.3) is 10.9 Å². The van der Waals surface area contributed by atoms with Crippen LogP contribution in [-0.2, 0) is 16.0 Å². The number of benzene rings is 1. The molecule has 2 heterocycles. The molecule has 29 heavy (non-hydrogen) atoms. The molecule has 1 fully saturated rings. The van der Waals surface area contributed by atoms with Crippen molar-refractivity contribution in [3.63, 3.8) is 0 Å². The molecule has 1 aliphatic rings. The van der Waals surface area contributed by atoms with E-state index in [1.54, 1.807) is 6.07 Å². The fourth-order valence-corrected chi connectivity index (χ4v) is 3.21. The molecular weight excluding hydrogens is 384 g/mol. The highest BCUT2D eigenvalue weighted by Crippen LogP contribution is 2.33. The van der Waals surface area contributed by atoms with Crippen LogP contribution in [0.2, 0.25) is 0 Å². The Morgan fingerprint density at radius 3 is 2.76 bits per heavy atom.